The third-order valence-electron chi connectivity index (χ3n) is 4.51. The van der Waals surface area contributed by atoms with Crippen LogP contribution in [0.2, 0.25) is 0 Å². The molecular formula is C20H28IN5O2S. The normalized spacial score (nSPS) is 16.2. The van der Waals surface area contributed by atoms with E-state index in [1.807, 2.05) is 43.1 Å². The quantitative estimate of drug-likeness (QED) is 0.341. The molecule has 1 unspecified atom stereocenters. The average molecular weight is 529 g/mol. The standard InChI is InChI=1S/C20H27N5O2S.HI/c1-14-23-17(13-28-14)12-25(3)20(21-2)22-11-15-6-4-7-16(10-15)24-19(26)18-8-5-9-27-18;/h4,6-7,10,13,18H,5,8-9,11-12H2,1-3H3,(H,21,22)(H,24,26);1H. The predicted octanol–water partition coefficient (Wildman–Crippen LogP) is 3.39. The van der Waals surface area contributed by atoms with Gasteiger partial charge in [-0.1, -0.05) is 12.1 Å². The van der Waals surface area contributed by atoms with E-state index in [4.69, 9.17) is 4.74 Å². The monoisotopic (exact) mass is 529 g/mol. The fourth-order valence-electron chi connectivity index (χ4n) is 3.13. The number of anilines is 1. The van der Waals surface area contributed by atoms with Crippen LogP contribution < -0.4 is 10.6 Å². The Hall–Kier alpha value is -1.72. The number of rotatable bonds is 6. The lowest BCUT2D eigenvalue weighted by molar-refractivity contribution is -0.124. The molecule has 0 radical (unpaired) electrons. The first-order valence-electron chi connectivity index (χ1n) is 9.39. The summed E-state index contributed by atoms with van der Waals surface area (Å²) in [5.74, 6) is 0.719. The highest BCUT2D eigenvalue weighted by Gasteiger charge is 2.23. The van der Waals surface area contributed by atoms with Crippen LogP contribution >= 0.6 is 35.3 Å². The second kappa shape index (κ2) is 11.5. The van der Waals surface area contributed by atoms with Gasteiger partial charge in [0.25, 0.3) is 5.91 Å². The van der Waals surface area contributed by atoms with Crippen molar-refractivity contribution in [3.8, 4) is 0 Å². The smallest absolute Gasteiger partial charge is 0.253 e. The van der Waals surface area contributed by atoms with Crippen LogP contribution in [0, 0.1) is 6.92 Å². The summed E-state index contributed by atoms with van der Waals surface area (Å²) in [5.41, 5.74) is 2.87. The summed E-state index contributed by atoms with van der Waals surface area (Å²) in [7, 11) is 3.76. The van der Waals surface area contributed by atoms with E-state index in [0.29, 0.717) is 19.7 Å². The van der Waals surface area contributed by atoms with E-state index < -0.39 is 0 Å². The summed E-state index contributed by atoms with van der Waals surface area (Å²) < 4.78 is 5.44. The van der Waals surface area contributed by atoms with E-state index in [1.54, 1.807) is 18.4 Å². The van der Waals surface area contributed by atoms with Gasteiger partial charge in [0.15, 0.2) is 5.96 Å². The molecule has 1 fully saturated rings. The topological polar surface area (TPSA) is 78.8 Å². The molecule has 1 aromatic carbocycles. The number of carbonyl (C=O) groups excluding carboxylic acids is 1. The number of ether oxygens (including phenoxy) is 1. The number of hydrogen-bond donors (Lipinski definition) is 2. The van der Waals surface area contributed by atoms with Gasteiger partial charge in [0.05, 0.1) is 17.2 Å². The van der Waals surface area contributed by atoms with Crippen LogP contribution in [-0.4, -0.2) is 48.6 Å². The summed E-state index contributed by atoms with van der Waals surface area (Å²) in [6.45, 7) is 3.97. The lowest BCUT2D eigenvalue weighted by Gasteiger charge is -2.21. The van der Waals surface area contributed by atoms with Crippen molar-refractivity contribution in [2.24, 2.45) is 4.99 Å². The Morgan fingerprint density at radius 3 is 2.93 bits per heavy atom. The zero-order valence-electron chi connectivity index (χ0n) is 17.0. The van der Waals surface area contributed by atoms with E-state index >= 15 is 0 Å². The number of amides is 1. The van der Waals surface area contributed by atoms with Gasteiger partial charge in [-0.25, -0.2) is 4.98 Å². The number of nitrogens with zero attached hydrogens (tertiary/aromatic N) is 3. The number of halogens is 1. The Morgan fingerprint density at radius 1 is 1.45 bits per heavy atom. The number of nitrogens with one attached hydrogen (secondary N) is 2. The van der Waals surface area contributed by atoms with E-state index in [-0.39, 0.29) is 36.0 Å². The van der Waals surface area contributed by atoms with Crippen LogP contribution in [0.5, 0.6) is 0 Å². The summed E-state index contributed by atoms with van der Waals surface area (Å²) >= 11 is 1.65. The third-order valence-corrected chi connectivity index (χ3v) is 5.33. The van der Waals surface area contributed by atoms with Crippen molar-refractivity contribution in [2.75, 3.05) is 26.0 Å². The third kappa shape index (κ3) is 6.93. The van der Waals surface area contributed by atoms with E-state index in [2.05, 4.69) is 26.0 Å². The van der Waals surface area contributed by atoms with Crippen molar-refractivity contribution in [2.45, 2.75) is 39.0 Å². The molecule has 2 aromatic rings. The second-order valence-corrected chi connectivity index (χ2v) is 7.87. The fourth-order valence-corrected chi connectivity index (χ4v) is 3.73. The Balaban J connectivity index is 0.00000300. The second-order valence-electron chi connectivity index (χ2n) is 6.81. The Labute approximate surface area is 193 Å². The molecule has 1 aliphatic rings. The molecule has 0 bridgehead atoms. The molecule has 2 heterocycles. The van der Waals surface area contributed by atoms with Crippen molar-refractivity contribution in [3.05, 3.63) is 45.9 Å². The number of guanidine groups is 1. The molecule has 0 saturated carbocycles. The number of thiazole rings is 1. The molecule has 7 nitrogen and oxygen atoms in total. The molecule has 1 amide bonds. The molecule has 1 aliphatic heterocycles. The maximum atomic E-state index is 12.2. The van der Waals surface area contributed by atoms with Gasteiger partial charge in [-0.15, -0.1) is 35.3 Å². The molecule has 0 spiro atoms. The zero-order valence-corrected chi connectivity index (χ0v) is 20.1. The molecule has 158 valence electrons. The first kappa shape index (κ1) is 23.6. The lowest BCUT2D eigenvalue weighted by Crippen LogP contribution is -2.38. The van der Waals surface area contributed by atoms with E-state index in [1.165, 1.54) is 0 Å². The minimum atomic E-state index is -0.330. The highest BCUT2D eigenvalue weighted by molar-refractivity contribution is 14.0. The average Bonchev–Trinajstić information content (AvgIpc) is 3.34. The van der Waals surface area contributed by atoms with Gasteiger partial charge in [0, 0.05) is 38.3 Å². The van der Waals surface area contributed by atoms with E-state index in [9.17, 15) is 4.79 Å². The zero-order chi connectivity index (χ0) is 19.9. The van der Waals surface area contributed by atoms with Crippen LogP contribution in [-0.2, 0) is 22.6 Å². The number of aryl methyl sites for hydroxylation is 1. The molecule has 1 atom stereocenters. The molecule has 2 N–H and O–H groups in total. The maximum absolute atomic E-state index is 12.2. The number of hydrogen-bond acceptors (Lipinski definition) is 5. The van der Waals surface area contributed by atoms with Crippen molar-refractivity contribution in [1.82, 2.24) is 15.2 Å². The molecule has 0 aliphatic carbocycles. The Bertz CT molecular complexity index is 836. The molecular weight excluding hydrogens is 501 g/mol. The van der Waals surface area contributed by atoms with Gasteiger partial charge < -0.3 is 20.3 Å². The Kier molecular flexibility index (Phi) is 9.31. The van der Waals surface area contributed by atoms with Crippen molar-refractivity contribution < 1.29 is 9.53 Å². The van der Waals surface area contributed by atoms with Gasteiger partial charge in [-0.3, -0.25) is 9.79 Å². The Morgan fingerprint density at radius 2 is 2.28 bits per heavy atom. The number of aliphatic imine (C=N–C) groups is 1. The largest absolute Gasteiger partial charge is 0.368 e. The van der Waals surface area contributed by atoms with Crippen molar-refractivity contribution in [3.63, 3.8) is 0 Å². The van der Waals surface area contributed by atoms with Crippen LogP contribution in [0.25, 0.3) is 0 Å². The van der Waals surface area contributed by atoms with Crippen LogP contribution in [0.3, 0.4) is 0 Å². The SMILES string of the molecule is CN=C(NCc1cccc(NC(=O)C2CCCO2)c1)N(C)Cc1csc(C)n1.I. The minimum absolute atomic E-state index is 0. The van der Waals surface area contributed by atoms with Crippen molar-refractivity contribution in [1.29, 1.82) is 0 Å². The molecule has 1 saturated heterocycles. The summed E-state index contributed by atoms with van der Waals surface area (Å²) in [5, 5.41) is 9.44. The summed E-state index contributed by atoms with van der Waals surface area (Å²) in [6.07, 6.45) is 1.40. The maximum Gasteiger partial charge on any atom is 0.253 e. The predicted molar refractivity (Wildman–Crippen MR) is 128 cm³/mol. The minimum Gasteiger partial charge on any atom is -0.368 e. The highest BCUT2D eigenvalue weighted by atomic mass is 127. The summed E-state index contributed by atoms with van der Waals surface area (Å²) in [4.78, 5) is 23.1. The van der Waals surface area contributed by atoms with Gasteiger partial charge in [-0.2, -0.15) is 0 Å². The van der Waals surface area contributed by atoms with E-state index in [0.717, 1.165) is 40.8 Å². The van der Waals surface area contributed by atoms with Crippen molar-refractivity contribution >= 4 is 52.9 Å². The highest BCUT2D eigenvalue weighted by Crippen LogP contribution is 2.16. The molecule has 3 rings (SSSR count). The van der Waals surface area contributed by atoms with Crippen LogP contribution in [0.1, 0.15) is 29.1 Å². The van der Waals surface area contributed by atoms with Crippen LogP contribution in [0.4, 0.5) is 5.69 Å². The molecule has 1 aromatic heterocycles. The molecule has 9 heteroatoms. The first-order chi connectivity index (χ1) is 13.5. The molecule has 29 heavy (non-hydrogen) atoms. The first-order valence-corrected chi connectivity index (χ1v) is 10.3. The summed E-state index contributed by atoms with van der Waals surface area (Å²) in [6, 6.07) is 7.82. The number of carbonyl (C=O) groups is 1. The van der Waals surface area contributed by atoms with Gasteiger partial charge in [0.1, 0.15) is 6.10 Å². The fraction of sp³-hybridized carbons (Fsp3) is 0.450. The lowest BCUT2D eigenvalue weighted by atomic mass is 10.2. The van der Waals surface area contributed by atoms with Crippen LogP contribution in [0.15, 0.2) is 34.6 Å². The van der Waals surface area contributed by atoms with Gasteiger partial charge >= 0.3 is 0 Å². The number of aromatic nitrogens is 1. The van der Waals surface area contributed by atoms with Gasteiger partial charge in [0.2, 0.25) is 0 Å². The van der Waals surface area contributed by atoms with Gasteiger partial charge in [-0.05, 0) is 37.5 Å². The number of benzene rings is 1.